The predicted octanol–water partition coefficient (Wildman–Crippen LogP) is -2.08. The lowest BCUT2D eigenvalue weighted by atomic mass is 10.3. The highest BCUT2D eigenvalue weighted by Crippen LogP contribution is 2.22. The van der Waals surface area contributed by atoms with Gasteiger partial charge in [-0.3, -0.25) is 19.4 Å². The fourth-order valence-corrected chi connectivity index (χ4v) is 5.23. The van der Waals surface area contributed by atoms with Crippen LogP contribution in [0.1, 0.15) is 0 Å². The Morgan fingerprint density at radius 1 is 0.767 bits per heavy atom. The standard InChI is InChI=1S/C18H36N6O4S2/c19-15(17(25)21-1-3-23-5-9-27-10-6-23)13-29-30-14-16(20)18(26)22-2-4-24-7-11-28-12-8-24/h15-16H,1-14,19-20H2,(H,21,25)(H,22,26)/t15-,16-/m0/s1. The van der Waals surface area contributed by atoms with Gasteiger partial charge in [0.2, 0.25) is 11.8 Å². The smallest absolute Gasteiger partial charge is 0.237 e. The molecule has 2 fully saturated rings. The maximum Gasteiger partial charge on any atom is 0.237 e. The van der Waals surface area contributed by atoms with Gasteiger partial charge < -0.3 is 31.6 Å². The van der Waals surface area contributed by atoms with Gasteiger partial charge in [0.05, 0.1) is 38.5 Å². The molecule has 0 spiro atoms. The lowest BCUT2D eigenvalue weighted by Gasteiger charge is -2.26. The normalized spacial score (nSPS) is 20.5. The second kappa shape index (κ2) is 15.2. The van der Waals surface area contributed by atoms with E-state index in [9.17, 15) is 9.59 Å². The Bertz CT molecular complexity index is 463. The van der Waals surface area contributed by atoms with Crippen molar-refractivity contribution in [2.75, 3.05) is 90.3 Å². The lowest BCUT2D eigenvalue weighted by Crippen LogP contribution is -2.46. The minimum Gasteiger partial charge on any atom is -0.379 e. The quantitative estimate of drug-likeness (QED) is 0.178. The van der Waals surface area contributed by atoms with Gasteiger partial charge in [0.1, 0.15) is 0 Å². The van der Waals surface area contributed by atoms with E-state index in [0.717, 1.165) is 65.7 Å². The number of nitrogens with zero attached hydrogens (tertiary/aromatic N) is 2. The first-order valence-corrected chi connectivity index (χ1v) is 13.0. The van der Waals surface area contributed by atoms with Crippen molar-refractivity contribution >= 4 is 33.4 Å². The molecule has 2 saturated heterocycles. The molecular formula is C18H36N6O4S2. The summed E-state index contributed by atoms with van der Waals surface area (Å²) in [4.78, 5) is 28.6. The van der Waals surface area contributed by atoms with Crippen molar-refractivity contribution < 1.29 is 19.1 Å². The van der Waals surface area contributed by atoms with Crippen LogP contribution in [0, 0.1) is 0 Å². The van der Waals surface area contributed by atoms with Crippen molar-refractivity contribution in [3.63, 3.8) is 0 Å². The van der Waals surface area contributed by atoms with Crippen LogP contribution >= 0.6 is 21.6 Å². The molecule has 2 heterocycles. The van der Waals surface area contributed by atoms with E-state index >= 15 is 0 Å². The van der Waals surface area contributed by atoms with Crippen LogP contribution in [-0.4, -0.2) is 124 Å². The molecule has 0 radical (unpaired) electrons. The van der Waals surface area contributed by atoms with Crippen LogP contribution < -0.4 is 22.1 Å². The van der Waals surface area contributed by atoms with E-state index in [0.29, 0.717) is 24.6 Å². The highest BCUT2D eigenvalue weighted by atomic mass is 33.1. The Morgan fingerprint density at radius 2 is 1.13 bits per heavy atom. The molecule has 2 aliphatic rings. The van der Waals surface area contributed by atoms with Crippen LogP contribution in [0.4, 0.5) is 0 Å². The number of hydrogen-bond acceptors (Lipinski definition) is 10. The largest absolute Gasteiger partial charge is 0.379 e. The fourth-order valence-electron chi connectivity index (χ4n) is 2.98. The van der Waals surface area contributed by atoms with E-state index in [4.69, 9.17) is 20.9 Å². The molecule has 2 atom stereocenters. The molecule has 0 bridgehead atoms. The molecule has 10 nitrogen and oxygen atoms in total. The first-order chi connectivity index (χ1) is 14.6. The van der Waals surface area contributed by atoms with Gasteiger partial charge in [-0.25, -0.2) is 0 Å². The number of amides is 2. The molecule has 2 rings (SSSR count). The summed E-state index contributed by atoms with van der Waals surface area (Å²) in [7, 11) is 2.93. The molecule has 0 saturated carbocycles. The lowest BCUT2D eigenvalue weighted by molar-refractivity contribution is -0.122. The number of morpholine rings is 2. The van der Waals surface area contributed by atoms with Crippen LogP contribution in [0.5, 0.6) is 0 Å². The van der Waals surface area contributed by atoms with Crippen LogP contribution in [0.15, 0.2) is 0 Å². The van der Waals surface area contributed by atoms with Crippen molar-refractivity contribution in [1.82, 2.24) is 20.4 Å². The van der Waals surface area contributed by atoms with E-state index in [2.05, 4.69) is 20.4 Å². The molecule has 30 heavy (non-hydrogen) atoms. The molecule has 0 aromatic carbocycles. The fraction of sp³-hybridized carbons (Fsp3) is 0.889. The Hall–Kier alpha value is -0.600. The molecule has 174 valence electrons. The molecule has 2 aliphatic heterocycles. The minimum atomic E-state index is -0.578. The number of rotatable bonds is 13. The Kier molecular flexibility index (Phi) is 13.0. The molecule has 0 aliphatic carbocycles. The predicted molar refractivity (Wildman–Crippen MR) is 121 cm³/mol. The molecule has 12 heteroatoms. The first-order valence-electron chi connectivity index (χ1n) is 10.5. The summed E-state index contributed by atoms with van der Waals surface area (Å²) < 4.78 is 10.6. The summed E-state index contributed by atoms with van der Waals surface area (Å²) >= 11 is 0. The zero-order chi connectivity index (χ0) is 21.6. The maximum atomic E-state index is 12.1. The topological polar surface area (TPSA) is 135 Å². The minimum absolute atomic E-state index is 0.151. The summed E-state index contributed by atoms with van der Waals surface area (Å²) in [5.74, 6) is 0.641. The summed E-state index contributed by atoms with van der Waals surface area (Å²) in [6, 6.07) is -1.16. The SMILES string of the molecule is N[C@@H](CSSC[C@H](N)C(=O)NCCN1CCOCC1)C(=O)NCCN1CCOCC1. The van der Waals surface area contributed by atoms with Crippen LogP contribution in [-0.2, 0) is 19.1 Å². The van der Waals surface area contributed by atoms with E-state index in [1.807, 2.05) is 0 Å². The molecule has 0 aromatic rings. The second-order valence-electron chi connectivity index (χ2n) is 7.27. The number of nitrogens with one attached hydrogen (secondary N) is 2. The van der Waals surface area contributed by atoms with Crippen LogP contribution in [0.3, 0.4) is 0 Å². The van der Waals surface area contributed by atoms with Gasteiger partial charge in [-0.2, -0.15) is 0 Å². The Labute approximate surface area is 186 Å². The third kappa shape index (κ3) is 10.6. The van der Waals surface area contributed by atoms with E-state index < -0.39 is 12.1 Å². The van der Waals surface area contributed by atoms with Crippen molar-refractivity contribution in [2.24, 2.45) is 11.5 Å². The van der Waals surface area contributed by atoms with Crippen molar-refractivity contribution in [2.45, 2.75) is 12.1 Å². The van der Waals surface area contributed by atoms with Crippen LogP contribution in [0.2, 0.25) is 0 Å². The third-order valence-corrected chi connectivity index (χ3v) is 7.39. The first kappa shape index (κ1) is 25.7. The highest BCUT2D eigenvalue weighted by Gasteiger charge is 2.17. The average molecular weight is 465 g/mol. The average Bonchev–Trinajstić information content (AvgIpc) is 2.77. The second-order valence-corrected chi connectivity index (χ2v) is 9.82. The van der Waals surface area contributed by atoms with E-state index in [-0.39, 0.29) is 11.8 Å². The highest BCUT2D eigenvalue weighted by molar-refractivity contribution is 8.76. The van der Waals surface area contributed by atoms with E-state index in [1.165, 1.54) is 21.6 Å². The number of carbonyl (C=O) groups excluding carboxylic acids is 2. The summed E-state index contributed by atoms with van der Waals surface area (Å²) in [5, 5.41) is 5.76. The van der Waals surface area contributed by atoms with Gasteiger partial charge in [0.25, 0.3) is 0 Å². The number of ether oxygens (including phenoxy) is 2. The number of hydrogen-bond donors (Lipinski definition) is 4. The molecular weight excluding hydrogens is 428 g/mol. The molecule has 6 N–H and O–H groups in total. The Morgan fingerprint density at radius 3 is 1.50 bits per heavy atom. The Balaban J connectivity index is 1.46. The summed E-state index contributed by atoms with van der Waals surface area (Å²) in [6.07, 6.45) is 0. The van der Waals surface area contributed by atoms with Gasteiger partial charge in [-0.05, 0) is 0 Å². The summed E-state index contributed by atoms with van der Waals surface area (Å²) in [6.45, 7) is 9.35. The van der Waals surface area contributed by atoms with Crippen molar-refractivity contribution in [3.8, 4) is 0 Å². The van der Waals surface area contributed by atoms with Gasteiger partial charge in [-0.1, -0.05) is 21.6 Å². The zero-order valence-electron chi connectivity index (χ0n) is 17.6. The molecule has 0 unspecified atom stereocenters. The molecule has 0 aromatic heterocycles. The maximum absolute atomic E-state index is 12.1. The molecule has 2 amide bonds. The van der Waals surface area contributed by atoms with Gasteiger partial charge in [0, 0.05) is 63.9 Å². The van der Waals surface area contributed by atoms with Crippen molar-refractivity contribution in [3.05, 3.63) is 0 Å². The van der Waals surface area contributed by atoms with Gasteiger partial charge in [-0.15, -0.1) is 0 Å². The third-order valence-electron chi connectivity index (χ3n) is 4.91. The van der Waals surface area contributed by atoms with Gasteiger partial charge in [0.15, 0.2) is 0 Å². The number of carbonyl (C=O) groups is 2. The van der Waals surface area contributed by atoms with Crippen LogP contribution in [0.25, 0.3) is 0 Å². The summed E-state index contributed by atoms with van der Waals surface area (Å²) in [5.41, 5.74) is 11.9. The monoisotopic (exact) mass is 464 g/mol. The van der Waals surface area contributed by atoms with E-state index in [1.54, 1.807) is 0 Å². The van der Waals surface area contributed by atoms with Gasteiger partial charge >= 0.3 is 0 Å². The zero-order valence-corrected chi connectivity index (χ0v) is 19.2. The number of nitrogens with two attached hydrogens (primary N) is 2. The van der Waals surface area contributed by atoms with Crippen molar-refractivity contribution in [1.29, 1.82) is 0 Å².